The SMILES string of the molecule is C[Si](C)(C)CCOCn1cc(Nc2ccnc(Oc3ccccc3Cl)n2)c(-c2nc3cc(CN4CCOCC4)ccc3[nH]2)n1. The molecule has 1 saturated heterocycles. The number of anilines is 2. The lowest BCUT2D eigenvalue weighted by atomic mass is 10.2. The van der Waals surface area contributed by atoms with E-state index >= 15 is 0 Å². The lowest BCUT2D eigenvalue weighted by molar-refractivity contribution is 0.0342. The standard InChI is InChI=1S/C31H37ClN8O3Si/c1-44(2,3)17-16-42-21-40-20-26(34-28-10-11-33-31(37-28)43-27-7-5-4-6-23(27)32)29(38-40)30-35-24-9-8-22(18-25(24)36-30)19-39-12-14-41-15-13-39/h4-11,18,20H,12-17,19,21H2,1-3H3,(H,35,36)(H,33,34,37). The van der Waals surface area contributed by atoms with Gasteiger partial charge in [-0.25, -0.2) is 14.6 Å². The Morgan fingerprint density at radius 2 is 1.91 bits per heavy atom. The zero-order valence-electron chi connectivity index (χ0n) is 25.2. The van der Waals surface area contributed by atoms with E-state index < -0.39 is 8.07 Å². The van der Waals surface area contributed by atoms with Crippen LogP contribution in [-0.4, -0.2) is 75.6 Å². The van der Waals surface area contributed by atoms with Gasteiger partial charge in [0.05, 0.1) is 41.2 Å². The number of nitrogens with one attached hydrogen (secondary N) is 2. The number of benzene rings is 2. The number of rotatable bonds is 12. The third-order valence-electron chi connectivity index (χ3n) is 7.20. The van der Waals surface area contributed by atoms with E-state index in [9.17, 15) is 0 Å². The van der Waals surface area contributed by atoms with Gasteiger partial charge in [-0.2, -0.15) is 10.1 Å². The fourth-order valence-electron chi connectivity index (χ4n) is 4.79. The number of H-pyrrole nitrogens is 1. The van der Waals surface area contributed by atoms with Crippen molar-refractivity contribution in [3.63, 3.8) is 0 Å². The number of hydrogen-bond donors (Lipinski definition) is 2. The molecule has 0 saturated carbocycles. The first-order valence-electron chi connectivity index (χ1n) is 14.8. The summed E-state index contributed by atoms with van der Waals surface area (Å²) in [6.07, 6.45) is 3.53. The van der Waals surface area contributed by atoms with Crippen LogP contribution in [0.15, 0.2) is 60.9 Å². The maximum atomic E-state index is 6.27. The molecule has 6 rings (SSSR count). The van der Waals surface area contributed by atoms with Gasteiger partial charge in [0.15, 0.2) is 11.5 Å². The van der Waals surface area contributed by atoms with E-state index in [0.29, 0.717) is 47.1 Å². The predicted octanol–water partition coefficient (Wildman–Crippen LogP) is 6.55. The van der Waals surface area contributed by atoms with Crippen LogP contribution in [0.5, 0.6) is 11.8 Å². The first-order valence-corrected chi connectivity index (χ1v) is 18.8. The van der Waals surface area contributed by atoms with Crippen molar-refractivity contribution in [2.45, 2.75) is 39.0 Å². The molecule has 2 aromatic carbocycles. The number of nitrogens with zero attached hydrogens (tertiary/aromatic N) is 6. The molecule has 11 nitrogen and oxygen atoms in total. The predicted molar refractivity (Wildman–Crippen MR) is 174 cm³/mol. The molecule has 5 aromatic rings. The van der Waals surface area contributed by atoms with Crippen molar-refractivity contribution in [1.29, 1.82) is 0 Å². The van der Waals surface area contributed by atoms with E-state index in [1.54, 1.807) is 29.1 Å². The van der Waals surface area contributed by atoms with E-state index in [1.165, 1.54) is 5.56 Å². The van der Waals surface area contributed by atoms with Gasteiger partial charge in [0, 0.05) is 40.5 Å². The highest BCUT2D eigenvalue weighted by atomic mass is 35.5. The van der Waals surface area contributed by atoms with Crippen LogP contribution in [-0.2, 0) is 22.7 Å². The van der Waals surface area contributed by atoms with Crippen molar-refractivity contribution in [1.82, 2.24) is 34.6 Å². The number of para-hydroxylation sites is 1. The van der Waals surface area contributed by atoms with Crippen LogP contribution in [0.4, 0.5) is 11.5 Å². The number of ether oxygens (including phenoxy) is 3. The van der Waals surface area contributed by atoms with Crippen molar-refractivity contribution in [2.24, 2.45) is 0 Å². The molecule has 1 fully saturated rings. The van der Waals surface area contributed by atoms with Gasteiger partial charge in [0.25, 0.3) is 0 Å². The molecule has 2 N–H and O–H groups in total. The van der Waals surface area contributed by atoms with Crippen molar-refractivity contribution in [3.05, 3.63) is 71.5 Å². The summed E-state index contributed by atoms with van der Waals surface area (Å²) in [6.45, 7) is 12.3. The third-order valence-corrected chi connectivity index (χ3v) is 9.21. The average molecular weight is 633 g/mol. The summed E-state index contributed by atoms with van der Waals surface area (Å²) in [6, 6.07) is 16.6. The normalized spacial score (nSPS) is 14.3. The highest BCUT2D eigenvalue weighted by Crippen LogP contribution is 2.31. The third kappa shape index (κ3) is 7.82. The fourth-order valence-corrected chi connectivity index (χ4v) is 5.72. The molecule has 0 aliphatic carbocycles. The molecule has 1 aliphatic heterocycles. The maximum Gasteiger partial charge on any atom is 0.323 e. The quantitative estimate of drug-likeness (QED) is 0.117. The summed E-state index contributed by atoms with van der Waals surface area (Å²) in [5.74, 6) is 1.66. The molecule has 44 heavy (non-hydrogen) atoms. The molecule has 230 valence electrons. The van der Waals surface area contributed by atoms with E-state index in [0.717, 1.165) is 49.9 Å². The zero-order valence-corrected chi connectivity index (χ0v) is 27.0. The lowest BCUT2D eigenvalue weighted by Crippen LogP contribution is -2.35. The monoisotopic (exact) mass is 632 g/mol. The second-order valence-corrected chi connectivity index (χ2v) is 18.0. The molecule has 0 bridgehead atoms. The molecule has 0 amide bonds. The Hall–Kier alpha value is -3.81. The Morgan fingerprint density at radius 3 is 2.73 bits per heavy atom. The first kappa shape index (κ1) is 30.2. The molecule has 0 unspecified atom stereocenters. The number of hydrogen-bond acceptors (Lipinski definition) is 9. The Labute approximate surface area is 262 Å². The number of aromatic amines is 1. The zero-order chi connectivity index (χ0) is 30.5. The minimum Gasteiger partial charge on any atom is -0.423 e. The summed E-state index contributed by atoms with van der Waals surface area (Å²) in [7, 11) is -1.21. The van der Waals surface area contributed by atoms with E-state index in [-0.39, 0.29) is 6.01 Å². The summed E-state index contributed by atoms with van der Waals surface area (Å²) in [4.78, 5) is 19.6. The molecule has 0 spiro atoms. The highest BCUT2D eigenvalue weighted by Gasteiger charge is 2.19. The summed E-state index contributed by atoms with van der Waals surface area (Å²) in [5.41, 5.74) is 4.40. The summed E-state index contributed by atoms with van der Waals surface area (Å²) >= 11 is 6.27. The van der Waals surface area contributed by atoms with Crippen LogP contribution in [0, 0.1) is 0 Å². The van der Waals surface area contributed by atoms with Crippen LogP contribution in [0.25, 0.3) is 22.6 Å². The molecule has 4 heterocycles. The van der Waals surface area contributed by atoms with Crippen molar-refractivity contribution >= 4 is 42.2 Å². The number of aromatic nitrogens is 6. The van der Waals surface area contributed by atoms with Crippen molar-refractivity contribution in [3.8, 4) is 23.3 Å². The molecular weight excluding hydrogens is 596 g/mol. The van der Waals surface area contributed by atoms with Gasteiger partial charge in [-0.15, -0.1) is 0 Å². The Morgan fingerprint density at radius 1 is 1.07 bits per heavy atom. The van der Waals surface area contributed by atoms with Gasteiger partial charge in [0.1, 0.15) is 18.3 Å². The van der Waals surface area contributed by atoms with Crippen LogP contribution < -0.4 is 10.1 Å². The van der Waals surface area contributed by atoms with Gasteiger partial charge in [-0.05, 0) is 41.9 Å². The van der Waals surface area contributed by atoms with Crippen molar-refractivity contribution < 1.29 is 14.2 Å². The van der Waals surface area contributed by atoms with Crippen LogP contribution in [0.1, 0.15) is 5.56 Å². The number of imidazole rings is 1. The second-order valence-electron chi connectivity index (χ2n) is 12.0. The topological polar surface area (TPSA) is 115 Å². The van der Waals surface area contributed by atoms with Gasteiger partial charge in [0.2, 0.25) is 0 Å². The van der Waals surface area contributed by atoms with Crippen molar-refractivity contribution in [2.75, 3.05) is 38.2 Å². The lowest BCUT2D eigenvalue weighted by Gasteiger charge is -2.26. The first-order chi connectivity index (χ1) is 21.3. The summed E-state index contributed by atoms with van der Waals surface area (Å²) in [5, 5.41) is 8.72. The second kappa shape index (κ2) is 13.4. The van der Waals surface area contributed by atoms with Gasteiger partial charge in [-0.1, -0.05) is 49.4 Å². The van der Waals surface area contributed by atoms with Crippen LogP contribution in [0.3, 0.4) is 0 Å². The van der Waals surface area contributed by atoms with E-state index in [4.69, 9.17) is 35.9 Å². The summed E-state index contributed by atoms with van der Waals surface area (Å²) < 4.78 is 19.1. The molecule has 3 aromatic heterocycles. The Kier molecular flexibility index (Phi) is 9.24. The molecule has 0 atom stereocenters. The number of fused-ring (bicyclic) bond motifs is 1. The number of halogens is 1. The van der Waals surface area contributed by atoms with Crippen LogP contribution in [0.2, 0.25) is 30.7 Å². The van der Waals surface area contributed by atoms with E-state index in [2.05, 4.69) is 63.0 Å². The molecule has 1 aliphatic rings. The maximum absolute atomic E-state index is 6.27. The molecule has 0 radical (unpaired) electrons. The molecule has 13 heteroatoms. The minimum atomic E-state index is -1.21. The minimum absolute atomic E-state index is 0.170. The highest BCUT2D eigenvalue weighted by molar-refractivity contribution is 6.76. The van der Waals surface area contributed by atoms with E-state index in [1.807, 2.05) is 18.3 Å². The number of morpholine rings is 1. The average Bonchev–Trinajstić information content (AvgIpc) is 3.60. The van der Waals surface area contributed by atoms with Gasteiger partial charge >= 0.3 is 6.01 Å². The smallest absolute Gasteiger partial charge is 0.323 e. The fraction of sp³-hybridized carbons (Fsp3) is 0.355. The Bertz CT molecular complexity index is 1710. The van der Waals surface area contributed by atoms with Crippen LogP contribution >= 0.6 is 11.6 Å². The van der Waals surface area contributed by atoms with Gasteiger partial charge in [-0.3, -0.25) is 4.90 Å². The van der Waals surface area contributed by atoms with Gasteiger partial charge < -0.3 is 24.5 Å². The largest absolute Gasteiger partial charge is 0.423 e. The molecular formula is C31H37ClN8O3Si. The Balaban J connectivity index is 1.25.